The van der Waals surface area contributed by atoms with Crippen molar-refractivity contribution in [3.05, 3.63) is 57.8 Å². The normalized spacial score (nSPS) is 13.8. The molecule has 2 heterocycles. The molecule has 0 bridgehead atoms. The third kappa shape index (κ3) is 4.50. The maximum atomic E-state index is 13.1. The Bertz CT molecular complexity index is 1030. The summed E-state index contributed by atoms with van der Waals surface area (Å²) in [6.45, 7) is 0.141. The van der Waals surface area contributed by atoms with E-state index < -0.39 is 12.3 Å². The summed E-state index contributed by atoms with van der Waals surface area (Å²) >= 11 is 3.19. The molecular formula is C18H16BrF3N6O. The third-order valence-electron chi connectivity index (χ3n) is 4.47. The predicted octanol–water partition coefficient (Wildman–Crippen LogP) is 3.88. The highest BCUT2D eigenvalue weighted by Crippen LogP contribution is 2.45. The molecule has 4 rings (SSSR count). The Morgan fingerprint density at radius 3 is 2.62 bits per heavy atom. The molecule has 1 N–H and O–H groups in total. The van der Waals surface area contributed by atoms with Crippen LogP contribution in [-0.4, -0.2) is 30.5 Å². The van der Waals surface area contributed by atoms with E-state index in [-0.39, 0.29) is 34.4 Å². The number of carbonyl (C=O) groups excluding carboxylic acids is 1. The number of nitrogens with one attached hydrogen (secondary N) is 1. The molecule has 0 atom stereocenters. The van der Waals surface area contributed by atoms with Crippen LogP contribution in [0.1, 0.15) is 42.1 Å². The zero-order valence-electron chi connectivity index (χ0n) is 15.0. The first-order valence-electron chi connectivity index (χ1n) is 8.88. The van der Waals surface area contributed by atoms with Crippen molar-refractivity contribution < 1.29 is 18.0 Å². The highest BCUT2D eigenvalue weighted by atomic mass is 79.9. The number of hydrogen-bond acceptors (Lipinski definition) is 4. The van der Waals surface area contributed by atoms with Crippen LogP contribution in [0.5, 0.6) is 0 Å². The maximum absolute atomic E-state index is 13.1. The number of amides is 1. The summed E-state index contributed by atoms with van der Waals surface area (Å²) < 4.78 is 42.3. The summed E-state index contributed by atoms with van der Waals surface area (Å²) in [6, 6.07) is 5.96. The lowest BCUT2D eigenvalue weighted by atomic mass is 10.2. The Morgan fingerprint density at radius 2 is 1.97 bits per heavy atom. The fraction of sp³-hybridized carbons (Fsp3) is 0.333. The lowest BCUT2D eigenvalue weighted by Crippen LogP contribution is -2.21. The monoisotopic (exact) mass is 468 g/mol. The van der Waals surface area contributed by atoms with Gasteiger partial charge in [0.2, 0.25) is 11.9 Å². The van der Waals surface area contributed by atoms with Gasteiger partial charge >= 0.3 is 0 Å². The molecule has 1 aromatic carbocycles. The largest absolute Gasteiger partial charge is 0.292 e. The second-order valence-corrected chi connectivity index (χ2v) is 7.55. The Kier molecular flexibility index (Phi) is 5.39. The number of nitrogens with zero attached hydrogens (tertiary/aromatic N) is 5. The van der Waals surface area contributed by atoms with E-state index in [9.17, 15) is 18.0 Å². The molecule has 11 heteroatoms. The molecule has 0 unspecified atom stereocenters. The van der Waals surface area contributed by atoms with Gasteiger partial charge in [0.15, 0.2) is 0 Å². The molecule has 2 aromatic heterocycles. The summed E-state index contributed by atoms with van der Waals surface area (Å²) in [7, 11) is 0. The van der Waals surface area contributed by atoms with Crippen LogP contribution in [-0.2, 0) is 17.9 Å². The van der Waals surface area contributed by atoms with Gasteiger partial charge < -0.3 is 0 Å². The molecule has 1 aliphatic carbocycles. The molecule has 0 spiro atoms. The van der Waals surface area contributed by atoms with Crippen molar-refractivity contribution in [2.45, 2.75) is 38.3 Å². The van der Waals surface area contributed by atoms with E-state index >= 15 is 0 Å². The first-order chi connectivity index (χ1) is 13.9. The van der Waals surface area contributed by atoms with Crippen LogP contribution < -0.4 is 5.32 Å². The number of hydrogen-bond donors (Lipinski definition) is 1. The van der Waals surface area contributed by atoms with Crippen LogP contribution in [0.25, 0.3) is 0 Å². The highest BCUT2D eigenvalue weighted by molar-refractivity contribution is 9.10. The number of benzene rings is 1. The van der Waals surface area contributed by atoms with Gasteiger partial charge in [-0.3, -0.25) is 14.8 Å². The van der Waals surface area contributed by atoms with Crippen LogP contribution in [0, 0.1) is 5.82 Å². The van der Waals surface area contributed by atoms with Gasteiger partial charge in [0.1, 0.15) is 24.4 Å². The number of carbonyl (C=O) groups is 1. The van der Waals surface area contributed by atoms with Crippen molar-refractivity contribution in [2.75, 3.05) is 5.32 Å². The average Bonchev–Trinajstić information content (AvgIpc) is 3.32. The van der Waals surface area contributed by atoms with Gasteiger partial charge in [-0.25, -0.2) is 22.8 Å². The first-order valence-corrected chi connectivity index (χ1v) is 9.68. The third-order valence-corrected chi connectivity index (χ3v) is 5.28. The van der Waals surface area contributed by atoms with Gasteiger partial charge in [-0.05, 0) is 46.5 Å². The Labute approximate surface area is 172 Å². The molecule has 29 heavy (non-hydrogen) atoms. The van der Waals surface area contributed by atoms with Crippen LogP contribution >= 0.6 is 15.9 Å². The fourth-order valence-corrected chi connectivity index (χ4v) is 3.77. The molecule has 0 radical (unpaired) electrons. The van der Waals surface area contributed by atoms with Crippen molar-refractivity contribution in [1.29, 1.82) is 0 Å². The van der Waals surface area contributed by atoms with E-state index in [1.165, 1.54) is 27.8 Å². The maximum Gasteiger partial charge on any atom is 0.283 e. The Balaban J connectivity index is 1.42. The number of anilines is 1. The first kappa shape index (κ1) is 19.6. The summed E-state index contributed by atoms with van der Waals surface area (Å²) in [5.41, 5.74) is 1.08. The lowest BCUT2D eigenvalue weighted by Gasteiger charge is -2.06. The molecule has 1 amide bonds. The van der Waals surface area contributed by atoms with Crippen LogP contribution in [0.2, 0.25) is 0 Å². The number of halogens is 4. The van der Waals surface area contributed by atoms with Crippen molar-refractivity contribution in [1.82, 2.24) is 24.5 Å². The molecule has 152 valence electrons. The van der Waals surface area contributed by atoms with Crippen molar-refractivity contribution in [2.24, 2.45) is 0 Å². The topological polar surface area (TPSA) is 77.6 Å². The number of aromatic nitrogens is 5. The minimum absolute atomic E-state index is 0.0883. The fourth-order valence-electron chi connectivity index (χ4n) is 2.98. The second-order valence-electron chi connectivity index (χ2n) is 6.76. The van der Waals surface area contributed by atoms with Crippen LogP contribution in [0.15, 0.2) is 35.1 Å². The summed E-state index contributed by atoms with van der Waals surface area (Å²) in [5, 5.41) is 10.6. The molecular weight excluding hydrogens is 453 g/mol. The van der Waals surface area contributed by atoms with Gasteiger partial charge in [0.25, 0.3) is 6.43 Å². The van der Waals surface area contributed by atoms with E-state index in [2.05, 4.69) is 36.4 Å². The van der Waals surface area contributed by atoms with Gasteiger partial charge in [-0.15, -0.1) is 5.10 Å². The SMILES string of the molecule is O=C(Cn1nc(C(F)F)c(Br)c1C1CC1)Nc1ncn(Cc2ccc(F)cc2)n1. The summed E-state index contributed by atoms with van der Waals surface area (Å²) in [5.74, 6) is -0.580. The second kappa shape index (κ2) is 7.97. The van der Waals surface area contributed by atoms with Crippen molar-refractivity contribution in [3.8, 4) is 0 Å². The highest BCUT2D eigenvalue weighted by Gasteiger charge is 2.34. The smallest absolute Gasteiger partial charge is 0.283 e. The van der Waals surface area contributed by atoms with E-state index in [1.54, 1.807) is 12.1 Å². The van der Waals surface area contributed by atoms with Crippen molar-refractivity contribution >= 4 is 27.8 Å². The van der Waals surface area contributed by atoms with E-state index in [0.717, 1.165) is 18.4 Å². The predicted molar refractivity (Wildman–Crippen MR) is 101 cm³/mol. The molecule has 7 nitrogen and oxygen atoms in total. The molecule has 0 aliphatic heterocycles. The van der Waals surface area contributed by atoms with Gasteiger partial charge in [0.05, 0.1) is 16.7 Å². The lowest BCUT2D eigenvalue weighted by molar-refractivity contribution is -0.117. The van der Waals surface area contributed by atoms with Crippen molar-refractivity contribution in [3.63, 3.8) is 0 Å². The zero-order chi connectivity index (χ0) is 20.5. The number of rotatable bonds is 7. The average molecular weight is 469 g/mol. The zero-order valence-corrected chi connectivity index (χ0v) is 16.6. The van der Waals surface area contributed by atoms with E-state index in [4.69, 9.17) is 0 Å². The molecule has 1 aliphatic rings. The number of alkyl halides is 2. The standard InChI is InChI=1S/C18H16BrF3N6O/c19-14-15(17(21)22)25-28(16(14)11-3-4-11)8-13(29)24-18-23-9-27(26-18)7-10-1-5-12(20)6-2-10/h1-2,5-6,9,11,17H,3-4,7-8H2,(H,24,26,29). The van der Waals surface area contributed by atoms with Crippen LogP contribution in [0.3, 0.4) is 0 Å². The quantitative estimate of drug-likeness (QED) is 0.570. The molecule has 3 aromatic rings. The Hall–Kier alpha value is -2.69. The summed E-state index contributed by atoms with van der Waals surface area (Å²) in [4.78, 5) is 16.4. The minimum Gasteiger partial charge on any atom is -0.292 e. The molecule has 1 fully saturated rings. The minimum atomic E-state index is -2.73. The van der Waals surface area contributed by atoms with E-state index in [1.807, 2.05) is 0 Å². The molecule has 0 saturated heterocycles. The van der Waals surface area contributed by atoms with Gasteiger partial charge in [0, 0.05) is 5.92 Å². The molecule has 1 saturated carbocycles. The van der Waals surface area contributed by atoms with Crippen LogP contribution in [0.4, 0.5) is 19.1 Å². The van der Waals surface area contributed by atoms with Gasteiger partial charge in [-0.1, -0.05) is 12.1 Å². The van der Waals surface area contributed by atoms with E-state index in [0.29, 0.717) is 12.2 Å². The summed E-state index contributed by atoms with van der Waals surface area (Å²) in [6.07, 6.45) is 0.469. The Morgan fingerprint density at radius 1 is 1.24 bits per heavy atom. The van der Waals surface area contributed by atoms with Gasteiger partial charge in [-0.2, -0.15) is 5.10 Å².